The number of hydrogen-bond donors (Lipinski definition) is 2. The molecule has 7 nitrogen and oxygen atoms in total. The van der Waals surface area contributed by atoms with Gasteiger partial charge in [-0.05, 0) is 48.9 Å². The molecule has 7 heteroatoms. The fourth-order valence-electron chi connectivity index (χ4n) is 3.78. The van der Waals surface area contributed by atoms with E-state index in [0.29, 0.717) is 11.6 Å². The van der Waals surface area contributed by atoms with Gasteiger partial charge in [0.2, 0.25) is 0 Å². The van der Waals surface area contributed by atoms with Crippen LogP contribution in [0.15, 0.2) is 36.8 Å². The number of pyridine rings is 1. The van der Waals surface area contributed by atoms with Gasteiger partial charge >= 0.3 is 0 Å². The van der Waals surface area contributed by atoms with Crippen LogP contribution in [0.25, 0.3) is 11.1 Å². The van der Waals surface area contributed by atoms with Gasteiger partial charge in [-0.15, -0.1) is 0 Å². The molecular weight excluding hydrogens is 340 g/mol. The highest BCUT2D eigenvalue weighted by molar-refractivity contribution is 5.93. The van der Waals surface area contributed by atoms with E-state index in [4.69, 9.17) is 0 Å². The Labute approximate surface area is 158 Å². The molecule has 3 aromatic rings. The summed E-state index contributed by atoms with van der Waals surface area (Å²) < 4.78 is 0. The first-order valence-corrected chi connectivity index (χ1v) is 9.42. The molecule has 1 saturated heterocycles. The summed E-state index contributed by atoms with van der Waals surface area (Å²) in [7, 11) is 0. The minimum atomic E-state index is -0.0287. The van der Waals surface area contributed by atoms with Crippen LogP contribution in [0.1, 0.15) is 54.6 Å². The molecule has 1 fully saturated rings. The van der Waals surface area contributed by atoms with Gasteiger partial charge in [0.05, 0.1) is 17.9 Å². The molecule has 2 N–H and O–H groups in total. The molecule has 140 valence electrons. The Hall–Kier alpha value is -2.96. The van der Waals surface area contributed by atoms with E-state index in [1.54, 1.807) is 12.4 Å². The summed E-state index contributed by atoms with van der Waals surface area (Å²) in [5.41, 5.74) is 4.53. The van der Waals surface area contributed by atoms with Crippen LogP contribution in [0.5, 0.6) is 0 Å². The second-order valence-electron chi connectivity index (χ2n) is 7.47. The van der Waals surface area contributed by atoms with E-state index >= 15 is 0 Å². The standard InChI is InChI=1S/C20H24N6O/c1-13(2)10-15-11-17(24-23-15)20(27)26-9-3-4-18(26)19-16(12-22-25-19)14-5-7-21-8-6-14/h5-8,11-13,18H,3-4,9-10H2,1-2H3,(H,22,25)(H,23,24)/t18-/m0/s1. The number of carbonyl (C=O) groups excluding carboxylic acids is 1. The second kappa shape index (κ2) is 7.34. The van der Waals surface area contributed by atoms with Crippen molar-refractivity contribution in [1.82, 2.24) is 30.3 Å². The Morgan fingerprint density at radius 2 is 2.11 bits per heavy atom. The normalized spacial score (nSPS) is 17.0. The van der Waals surface area contributed by atoms with Gasteiger partial charge in [-0.3, -0.25) is 20.0 Å². The van der Waals surface area contributed by atoms with Crippen molar-refractivity contribution in [3.63, 3.8) is 0 Å². The van der Waals surface area contributed by atoms with Gasteiger partial charge < -0.3 is 4.90 Å². The number of amides is 1. The Bertz CT molecular complexity index is 913. The first-order chi connectivity index (χ1) is 13.1. The SMILES string of the molecule is CC(C)Cc1cc(C(=O)N2CCC[C@H]2c2[nH]ncc2-c2ccncc2)n[nH]1. The summed E-state index contributed by atoms with van der Waals surface area (Å²) in [6, 6.07) is 5.78. The van der Waals surface area contributed by atoms with E-state index in [0.717, 1.165) is 48.3 Å². The molecule has 0 spiro atoms. The van der Waals surface area contributed by atoms with Crippen molar-refractivity contribution in [2.75, 3.05) is 6.54 Å². The van der Waals surface area contributed by atoms with Gasteiger partial charge in [-0.1, -0.05) is 13.8 Å². The maximum Gasteiger partial charge on any atom is 0.274 e. The molecule has 27 heavy (non-hydrogen) atoms. The van der Waals surface area contributed by atoms with Crippen LogP contribution in [-0.4, -0.2) is 42.7 Å². The summed E-state index contributed by atoms with van der Waals surface area (Å²) in [6.07, 6.45) is 8.12. The zero-order valence-corrected chi connectivity index (χ0v) is 15.6. The fourth-order valence-corrected chi connectivity index (χ4v) is 3.78. The Morgan fingerprint density at radius 3 is 2.89 bits per heavy atom. The Kier molecular flexibility index (Phi) is 4.75. The number of rotatable bonds is 5. The number of hydrogen-bond acceptors (Lipinski definition) is 4. The molecule has 0 radical (unpaired) electrons. The van der Waals surface area contributed by atoms with Gasteiger partial charge in [-0.25, -0.2) is 0 Å². The number of likely N-dealkylation sites (tertiary alicyclic amines) is 1. The first kappa shape index (κ1) is 17.5. The lowest BCUT2D eigenvalue weighted by Gasteiger charge is -2.24. The summed E-state index contributed by atoms with van der Waals surface area (Å²) in [4.78, 5) is 19.1. The zero-order chi connectivity index (χ0) is 18.8. The van der Waals surface area contributed by atoms with Gasteiger partial charge in [0.15, 0.2) is 0 Å². The summed E-state index contributed by atoms with van der Waals surface area (Å²) >= 11 is 0. The van der Waals surface area contributed by atoms with Gasteiger partial charge in [0.1, 0.15) is 5.69 Å². The van der Waals surface area contributed by atoms with Crippen molar-refractivity contribution in [1.29, 1.82) is 0 Å². The smallest absolute Gasteiger partial charge is 0.274 e. The lowest BCUT2D eigenvalue weighted by atomic mass is 10.0. The molecule has 1 aliphatic heterocycles. The third-order valence-corrected chi connectivity index (χ3v) is 4.99. The molecule has 0 aromatic carbocycles. The lowest BCUT2D eigenvalue weighted by molar-refractivity contribution is 0.0727. The van der Waals surface area contributed by atoms with Crippen LogP contribution in [0.3, 0.4) is 0 Å². The summed E-state index contributed by atoms with van der Waals surface area (Å²) in [5.74, 6) is 0.486. The minimum Gasteiger partial charge on any atom is -0.329 e. The number of H-pyrrole nitrogens is 2. The van der Waals surface area contributed by atoms with E-state index in [-0.39, 0.29) is 11.9 Å². The molecule has 4 heterocycles. The average Bonchev–Trinajstić information content (AvgIpc) is 3.41. The van der Waals surface area contributed by atoms with Gasteiger partial charge in [0, 0.05) is 30.2 Å². The van der Waals surface area contributed by atoms with Crippen LogP contribution in [0.2, 0.25) is 0 Å². The van der Waals surface area contributed by atoms with Crippen molar-refractivity contribution >= 4 is 5.91 Å². The van der Waals surface area contributed by atoms with Gasteiger partial charge in [-0.2, -0.15) is 10.2 Å². The topological polar surface area (TPSA) is 90.6 Å². The quantitative estimate of drug-likeness (QED) is 0.726. The average molecular weight is 364 g/mol. The molecule has 0 aliphatic carbocycles. The Balaban J connectivity index is 1.59. The van der Waals surface area contributed by atoms with Crippen molar-refractivity contribution in [2.45, 2.75) is 39.2 Å². The lowest BCUT2D eigenvalue weighted by Crippen LogP contribution is -2.31. The fraction of sp³-hybridized carbons (Fsp3) is 0.400. The predicted octanol–water partition coefficient (Wildman–Crippen LogP) is 3.37. The van der Waals surface area contributed by atoms with Crippen LogP contribution in [0.4, 0.5) is 0 Å². The molecule has 0 saturated carbocycles. The third kappa shape index (κ3) is 3.49. The molecule has 0 unspecified atom stereocenters. The number of carbonyl (C=O) groups is 1. The van der Waals surface area contributed by atoms with E-state index in [1.807, 2.05) is 29.3 Å². The minimum absolute atomic E-state index is 0.0200. The maximum atomic E-state index is 13.1. The van der Waals surface area contributed by atoms with E-state index in [9.17, 15) is 4.79 Å². The number of aromatic nitrogens is 5. The van der Waals surface area contributed by atoms with Crippen molar-refractivity contribution < 1.29 is 4.79 Å². The Morgan fingerprint density at radius 1 is 1.30 bits per heavy atom. The predicted molar refractivity (Wildman–Crippen MR) is 102 cm³/mol. The third-order valence-electron chi connectivity index (χ3n) is 4.99. The van der Waals surface area contributed by atoms with Crippen LogP contribution < -0.4 is 0 Å². The van der Waals surface area contributed by atoms with Crippen molar-refractivity contribution in [2.24, 2.45) is 5.92 Å². The molecule has 4 rings (SSSR count). The molecule has 1 amide bonds. The summed E-state index contributed by atoms with van der Waals surface area (Å²) in [6.45, 7) is 5.03. The molecule has 1 aliphatic rings. The highest BCUT2D eigenvalue weighted by atomic mass is 16.2. The van der Waals surface area contributed by atoms with Crippen LogP contribution in [0, 0.1) is 5.92 Å². The number of aromatic amines is 2. The highest BCUT2D eigenvalue weighted by Gasteiger charge is 2.34. The largest absolute Gasteiger partial charge is 0.329 e. The maximum absolute atomic E-state index is 13.1. The van der Waals surface area contributed by atoms with Crippen molar-refractivity contribution in [3.05, 3.63) is 53.9 Å². The highest BCUT2D eigenvalue weighted by Crippen LogP contribution is 2.37. The first-order valence-electron chi connectivity index (χ1n) is 9.42. The number of nitrogens with one attached hydrogen (secondary N) is 2. The zero-order valence-electron chi connectivity index (χ0n) is 15.6. The van der Waals surface area contributed by atoms with Crippen LogP contribution in [-0.2, 0) is 6.42 Å². The molecule has 1 atom stereocenters. The summed E-state index contributed by atoms with van der Waals surface area (Å²) in [5, 5.41) is 14.6. The number of nitrogens with zero attached hydrogens (tertiary/aromatic N) is 4. The monoisotopic (exact) mass is 364 g/mol. The van der Waals surface area contributed by atoms with E-state index in [2.05, 4.69) is 39.2 Å². The molecular formula is C20H24N6O. The second-order valence-corrected chi connectivity index (χ2v) is 7.47. The van der Waals surface area contributed by atoms with E-state index < -0.39 is 0 Å². The van der Waals surface area contributed by atoms with Gasteiger partial charge in [0.25, 0.3) is 5.91 Å². The molecule has 0 bridgehead atoms. The van der Waals surface area contributed by atoms with Crippen molar-refractivity contribution in [3.8, 4) is 11.1 Å². The van der Waals surface area contributed by atoms with E-state index in [1.165, 1.54) is 0 Å². The molecule has 3 aromatic heterocycles. The van der Waals surface area contributed by atoms with Crippen LogP contribution >= 0.6 is 0 Å².